The summed E-state index contributed by atoms with van der Waals surface area (Å²) in [4.78, 5) is 11.9. The molecule has 1 fully saturated rings. The average molecular weight is 333 g/mol. The molecule has 0 bridgehead atoms. The van der Waals surface area contributed by atoms with Crippen molar-refractivity contribution in [1.82, 2.24) is 5.32 Å². The molecule has 104 valence electrons. The highest BCUT2D eigenvalue weighted by Crippen LogP contribution is 2.27. The van der Waals surface area contributed by atoms with Gasteiger partial charge in [0.25, 0.3) is 0 Å². The van der Waals surface area contributed by atoms with Crippen LogP contribution in [0.25, 0.3) is 0 Å². The van der Waals surface area contributed by atoms with Crippen LogP contribution in [0.2, 0.25) is 0 Å². The summed E-state index contributed by atoms with van der Waals surface area (Å²) in [6, 6.07) is 1.88. The SMILES string of the molecule is O=C(CC1CCNCC1)Nc1c(F)cc(F)cc1Br. The summed E-state index contributed by atoms with van der Waals surface area (Å²) < 4.78 is 26.7. The Morgan fingerprint density at radius 3 is 2.68 bits per heavy atom. The molecule has 0 unspecified atom stereocenters. The lowest BCUT2D eigenvalue weighted by molar-refractivity contribution is -0.117. The van der Waals surface area contributed by atoms with Gasteiger partial charge in [-0.1, -0.05) is 0 Å². The molecule has 2 rings (SSSR count). The van der Waals surface area contributed by atoms with Crippen LogP contribution in [-0.2, 0) is 4.79 Å². The highest BCUT2D eigenvalue weighted by atomic mass is 79.9. The van der Waals surface area contributed by atoms with E-state index in [0.29, 0.717) is 12.3 Å². The molecule has 2 N–H and O–H groups in total. The zero-order valence-corrected chi connectivity index (χ0v) is 11.9. The molecule has 0 atom stereocenters. The molecular formula is C13H15BrF2N2O. The minimum absolute atomic E-state index is 0.000310. The number of carbonyl (C=O) groups is 1. The number of rotatable bonds is 3. The fourth-order valence-electron chi connectivity index (χ4n) is 2.20. The zero-order chi connectivity index (χ0) is 13.8. The predicted octanol–water partition coefficient (Wildman–Crippen LogP) is 3.06. The van der Waals surface area contributed by atoms with Crippen LogP contribution < -0.4 is 10.6 Å². The number of piperidine rings is 1. The Morgan fingerprint density at radius 1 is 1.37 bits per heavy atom. The molecule has 0 radical (unpaired) electrons. The molecule has 3 nitrogen and oxygen atoms in total. The van der Waals surface area contributed by atoms with Gasteiger partial charge in [0.05, 0.1) is 5.69 Å². The Labute approximate surface area is 118 Å². The van der Waals surface area contributed by atoms with Gasteiger partial charge in [-0.25, -0.2) is 8.78 Å². The van der Waals surface area contributed by atoms with Gasteiger partial charge < -0.3 is 10.6 Å². The third-order valence-electron chi connectivity index (χ3n) is 3.20. The lowest BCUT2D eigenvalue weighted by Gasteiger charge is -2.22. The van der Waals surface area contributed by atoms with Crippen molar-refractivity contribution in [3.8, 4) is 0 Å². The third kappa shape index (κ3) is 3.98. The van der Waals surface area contributed by atoms with Crippen molar-refractivity contribution in [3.63, 3.8) is 0 Å². The summed E-state index contributed by atoms with van der Waals surface area (Å²) in [6.07, 6.45) is 2.26. The van der Waals surface area contributed by atoms with E-state index in [0.717, 1.165) is 38.1 Å². The van der Waals surface area contributed by atoms with Crippen LogP contribution in [0.4, 0.5) is 14.5 Å². The smallest absolute Gasteiger partial charge is 0.224 e. The lowest BCUT2D eigenvalue weighted by Crippen LogP contribution is -2.30. The molecule has 0 saturated carbocycles. The van der Waals surface area contributed by atoms with Crippen molar-refractivity contribution in [2.75, 3.05) is 18.4 Å². The molecule has 0 aliphatic carbocycles. The van der Waals surface area contributed by atoms with Crippen molar-refractivity contribution in [1.29, 1.82) is 0 Å². The highest BCUT2D eigenvalue weighted by molar-refractivity contribution is 9.10. The van der Waals surface area contributed by atoms with Crippen molar-refractivity contribution in [2.24, 2.45) is 5.92 Å². The number of hydrogen-bond donors (Lipinski definition) is 2. The van der Waals surface area contributed by atoms with Crippen LogP contribution in [0, 0.1) is 17.6 Å². The molecule has 6 heteroatoms. The number of anilines is 1. The zero-order valence-electron chi connectivity index (χ0n) is 10.3. The molecule has 1 aromatic rings. The second-order valence-electron chi connectivity index (χ2n) is 4.69. The molecule has 1 amide bonds. The van der Waals surface area contributed by atoms with Gasteiger partial charge in [-0.2, -0.15) is 0 Å². The van der Waals surface area contributed by atoms with E-state index in [1.165, 1.54) is 0 Å². The number of carbonyl (C=O) groups excluding carboxylic acids is 1. The fraction of sp³-hybridized carbons (Fsp3) is 0.462. The van der Waals surface area contributed by atoms with Gasteiger partial charge in [-0.3, -0.25) is 4.79 Å². The standard InChI is InChI=1S/C13H15BrF2N2O/c14-10-6-9(15)7-11(16)13(10)18-12(19)5-8-1-3-17-4-2-8/h6-8,17H,1-5H2,(H,18,19). The minimum atomic E-state index is -0.773. The molecule has 1 aliphatic heterocycles. The quantitative estimate of drug-likeness (QED) is 0.893. The maximum Gasteiger partial charge on any atom is 0.224 e. The summed E-state index contributed by atoms with van der Waals surface area (Å²) in [6.45, 7) is 1.82. The van der Waals surface area contributed by atoms with E-state index < -0.39 is 11.6 Å². The second kappa shape index (κ2) is 6.43. The largest absolute Gasteiger partial charge is 0.323 e. The van der Waals surface area contributed by atoms with Crippen LogP contribution in [0.5, 0.6) is 0 Å². The number of nitrogens with one attached hydrogen (secondary N) is 2. The van der Waals surface area contributed by atoms with Crippen LogP contribution in [0.15, 0.2) is 16.6 Å². The third-order valence-corrected chi connectivity index (χ3v) is 3.83. The average Bonchev–Trinajstić information content (AvgIpc) is 2.35. The van der Waals surface area contributed by atoms with Gasteiger partial charge in [-0.15, -0.1) is 0 Å². The maximum absolute atomic E-state index is 13.6. The number of hydrogen-bond acceptors (Lipinski definition) is 2. The van der Waals surface area contributed by atoms with Crippen molar-refractivity contribution in [2.45, 2.75) is 19.3 Å². The van der Waals surface area contributed by atoms with E-state index in [9.17, 15) is 13.6 Å². The van der Waals surface area contributed by atoms with Crippen LogP contribution in [0.3, 0.4) is 0 Å². The Kier molecular flexibility index (Phi) is 4.87. The van der Waals surface area contributed by atoms with Crippen molar-refractivity contribution >= 4 is 27.5 Å². The molecule has 19 heavy (non-hydrogen) atoms. The maximum atomic E-state index is 13.6. The summed E-state index contributed by atoms with van der Waals surface area (Å²) >= 11 is 3.05. The molecule has 1 aromatic carbocycles. The summed E-state index contributed by atoms with van der Waals surface area (Å²) in [5.41, 5.74) is 0.000310. The van der Waals surface area contributed by atoms with E-state index in [-0.39, 0.29) is 16.1 Å². The van der Waals surface area contributed by atoms with E-state index in [4.69, 9.17) is 0 Å². The van der Waals surface area contributed by atoms with E-state index >= 15 is 0 Å². The number of halogens is 3. The molecule has 0 aromatic heterocycles. The Morgan fingerprint density at radius 2 is 2.05 bits per heavy atom. The minimum Gasteiger partial charge on any atom is -0.323 e. The van der Waals surface area contributed by atoms with Crippen molar-refractivity contribution in [3.05, 3.63) is 28.2 Å². The number of benzene rings is 1. The first kappa shape index (κ1) is 14.4. The Bertz CT molecular complexity index is 453. The molecular weight excluding hydrogens is 318 g/mol. The highest BCUT2D eigenvalue weighted by Gasteiger charge is 2.18. The topological polar surface area (TPSA) is 41.1 Å². The summed E-state index contributed by atoms with van der Waals surface area (Å²) in [5, 5.41) is 5.73. The van der Waals surface area contributed by atoms with Gasteiger partial charge in [0, 0.05) is 17.0 Å². The van der Waals surface area contributed by atoms with Crippen LogP contribution in [0.1, 0.15) is 19.3 Å². The van der Waals surface area contributed by atoms with Crippen LogP contribution >= 0.6 is 15.9 Å². The van der Waals surface area contributed by atoms with Crippen molar-refractivity contribution < 1.29 is 13.6 Å². The molecule has 1 heterocycles. The molecule has 1 saturated heterocycles. The monoisotopic (exact) mass is 332 g/mol. The Balaban J connectivity index is 1.98. The predicted molar refractivity (Wildman–Crippen MR) is 72.9 cm³/mol. The first-order chi connectivity index (χ1) is 9.06. The molecule has 0 spiro atoms. The van der Waals surface area contributed by atoms with E-state index in [2.05, 4.69) is 26.6 Å². The van der Waals surface area contributed by atoms with E-state index in [1.54, 1.807) is 0 Å². The normalized spacial score (nSPS) is 16.4. The number of amides is 1. The molecule has 1 aliphatic rings. The first-order valence-corrected chi connectivity index (χ1v) is 7.00. The van der Waals surface area contributed by atoms with E-state index in [1.807, 2.05) is 0 Å². The van der Waals surface area contributed by atoms with Gasteiger partial charge in [0.15, 0.2) is 5.82 Å². The van der Waals surface area contributed by atoms with Gasteiger partial charge in [0.1, 0.15) is 5.82 Å². The van der Waals surface area contributed by atoms with Crippen LogP contribution in [-0.4, -0.2) is 19.0 Å². The fourth-order valence-corrected chi connectivity index (χ4v) is 2.71. The Hall–Kier alpha value is -1.01. The van der Waals surface area contributed by atoms with Gasteiger partial charge in [0.2, 0.25) is 5.91 Å². The first-order valence-electron chi connectivity index (χ1n) is 6.21. The summed E-state index contributed by atoms with van der Waals surface area (Å²) in [7, 11) is 0. The lowest BCUT2D eigenvalue weighted by atomic mass is 9.94. The summed E-state index contributed by atoms with van der Waals surface area (Å²) in [5.74, 6) is -1.37. The van der Waals surface area contributed by atoms with Gasteiger partial charge >= 0.3 is 0 Å². The van der Waals surface area contributed by atoms with Gasteiger partial charge in [-0.05, 0) is 53.8 Å². The second-order valence-corrected chi connectivity index (χ2v) is 5.54.